The van der Waals surface area contributed by atoms with Gasteiger partial charge in [-0.15, -0.1) is 0 Å². The Bertz CT molecular complexity index is 320. The van der Waals surface area contributed by atoms with Crippen molar-refractivity contribution < 1.29 is 19.0 Å². The van der Waals surface area contributed by atoms with Gasteiger partial charge in [-0.2, -0.15) is 0 Å². The number of hydrogen-bond acceptors (Lipinski definition) is 4. The van der Waals surface area contributed by atoms with Crippen molar-refractivity contribution in [2.24, 2.45) is 0 Å². The fraction of sp³-hybridized carbons (Fsp3) is 0.960. The zero-order chi connectivity index (χ0) is 21.3. The smallest absolute Gasteiger partial charge is 0.305 e. The Morgan fingerprint density at radius 3 is 1.41 bits per heavy atom. The van der Waals surface area contributed by atoms with Crippen molar-refractivity contribution in [1.82, 2.24) is 0 Å². The highest BCUT2D eigenvalue weighted by atomic mass is 16.5. The number of rotatable bonds is 24. The van der Waals surface area contributed by atoms with Crippen LogP contribution in [0.1, 0.15) is 123 Å². The second-order valence-electron chi connectivity index (χ2n) is 8.14. The van der Waals surface area contributed by atoms with Gasteiger partial charge in [-0.1, -0.05) is 97.3 Å². The Labute approximate surface area is 181 Å². The van der Waals surface area contributed by atoms with Crippen molar-refractivity contribution in [3.05, 3.63) is 0 Å². The summed E-state index contributed by atoms with van der Waals surface area (Å²) < 4.78 is 16.4. The predicted octanol–water partition coefficient (Wildman–Crippen LogP) is 7.23. The van der Waals surface area contributed by atoms with Gasteiger partial charge in [0.1, 0.15) is 0 Å². The molecule has 0 N–H and O–H groups in total. The van der Waals surface area contributed by atoms with E-state index < -0.39 is 0 Å². The Balaban J connectivity index is 3.13. The van der Waals surface area contributed by atoms with Crippen LogP contribution in [0.4, 0.5) is 0 Å². The summed E-state index contributed by atoms with van der Waals surface area (Å²) in [4.78, 5) is 11.7. The molecule has 0 bridgehead atoms. The summed E-state index contributed by atoms with van der Waals surface area (Å²) in [5.41, 5.74) is 0. The average Bonchev–Trinajstić information content (AvgIpc) is 2.72. The van der Waals surface area contributed by atoms with Gasteiger partial charge in [0.05, 0.1) is 19.8 Å². The minimum atomic E-state index is -0.0910. The van der Waals surface area contributed by atoms with Crippen molar-refractivity contribution in [2.45, 2.75) is 123 Å². The fourth-order valence-electron chi connectivity index (χ4n) is 3.30. The molecule has 0 atom stereocenters. The molecule has 0 saturated heterocycles. The summed E-state index contributed by atoms with van der Waals surface area (Å²) >= 11 is 0. The standard InChI is InChI=1S/C25H50O4/c1-3-5-7-9-11-13-15-17-22-29-25(26)19-18-21-28-24-23-27-20-16-14-12-10-8-6-4-2/h3-24H2,1-2H3. The topological polar surface area (TPSA) is 44.8 Å². The van der Waals surface area contributed by atoms with Crippen LogP contribution < -0.4 is 0 Å². The molecule has 0 aromatic heterocycles. The summed E-state index contributed by atoms with van der Waals surface area (Å²) in [5, 5.41) is 0. The zero-order valence-corrected chi connectivity index (χ0v) is 19.7. The van der Waals surface area contributed by atoms with Gasteiger partial charge >= 0.3 is 5.97 Å². The molecule has 0 aliphatic heterocycles. The number of carbonyl (C=O) groups is 1. The van der Waals surface area contributed by atoms with E-state index in [1.54, 1.807) is 0 Å². The first kappa shape index (κ1) is 28.4. The molecule has 0 radical (unpaired) electrons. The van der Waals surface area contributed by atoms with Gasteiger partial charge in [-0.25, -0.2) is 0 Å². The van der Waals surface area contributed by atoms with E-state index in [-0.39, 0.29) is 5.97 Å². The summed E-state index contributed by atoms with van der Waals surface area (Å²) in [7, 11) is 0. The quantitative estimate of drug-likeness (QED) is 0.123. The van der Waals surface area contributed by atoms with Gasteiger partial charge in [-0.3, -0.25) is 4.79 Å². The van der Waals surface area contributed by atoms with E-state index >= 15 is 0 Å². The van der Waals surface area contributed by atoms with E-state index in [1.807, 2.05) is 0 Å². The Morgan fingerprint density at radius 1 is 0.483 bits per heavy atom. The van der Waals surface area contributed by atoms with Gasteiger partial charge in [0.15, 0.2) is 0 Å². The van der Waals surface area contributed by atoms with Gasteiger partial charge in [0.25, 0.3) is 0 Å². The highest BCUT2D eigenvalue weighted by Gasteiger charge is 2.02. The SMILES string of the molecule is CCCCCCCCCCOC(=O)CCCOCCOCCCCCCCCC. The first-order valence-corrected chi connectivity index (χ1v) is 12.6. The van der Waals surface area contributed by atoms with Gasteiger partial charge in [0.2, 0.25) is 0 Å². The van der Waals surface area contributed by atoms with E-state index in [0.29, 0.717) is 32.8 Å². The predicted molar refractivity (Wildman–Crippen MR) is 122 cm³/mol. The molecule has 4 nitrogen and oxygen atoms in total. The maximum Gasteiger partial charge on any atom is 0.305 e. The van der Waals surface area contributed by atoms with Crippen molar-refractivity contribution in [2.75, 3.05) is 33.0 Å². The van der Waals surface area contributed by atoms with Crippen LogP contribution in [-0.4, -0.2) is 39.0 Å². The number of esters is 1. The molecular weight excluding hydrogens is 364 g/mol. The Hall–Kier alpha value is -0.610. The third-order valence-electron chi connectivity index (χ3n) is 5.19. The molecule has 174 valence electrons. The second kappa shape index (κ2) is 25.4. The average molecular weight is 415 g/mol. The van der Waals surface area contributed by atoms with Gasteiger partial charge < -0.3 is 14.2 Å². The van der Waals surface area contributed by atoms with Crippen LogP contribution >= 0.6 is 0 Å². The molecule has 0 fully saturated rings. The lowest BCUT2D eigenvalue weighted by molar-refractivity contribution is -0.144. The van der Waals surface area contributed by atoms with E-state index in [9.17, 15) is 4.79 Å². The fourth-order valence-corrected chi connectivity index (χ4v) is 3.30. The van der Waals surface area contributed by atoms with Crippen LogP contribution in [0.15, 0.2) is 0 Å². The molecule has 0 unspecified atom stereocenters. The molecular formula is C25H50O4. The third kappa shape index (κ3) is 25.4. The van der Waals surface area contributed by atoms with Gasteiger partial charge in [0, 0.05) is 19.6 Å². The van der Waals surface area contributed by atoms with Crippen molar-refractivity contribution in [3.63, 3.8) is 0 Å². The summed E-state index contributed by atoms with van der Waals surface area (Å²) in [6.45, 7) is 7.77. The largest absolute Gasteiger partial charge is 0.466 e. The number of ether oxygens (including phenoxy) is 3. The monoisotopic (exact) mass is 414 g/mol. The van der Waals surface area contributed by atoms with Crippen LogP contribution in [0.2, 0.25) is 0 Å². The van der Waals surface area contributed by atoms with E-state index in [4.69, 9.17) is 14.2 Å². The highest BCUT2D eigenvalue weighted by Crippen LogP contribution is 2.09. The second-order valence-corrected chi connectivity index (χ2v) is 8.14. The van der Waals surface area contributed by atoms with Crippen LogP contribution in [0.25, 0.3) is 0 Å². The summed E-state index contributed by atoms with van der Waals surface area (Å²) in [6.07, 6.45) is 20.4. The van der Waals surface area contributed by atoms with Crippen molar-refractivity contribution in [3.8, 4) is 0 Å². The molecule has 0 aromatic rings. The van der Waals surface area contributed by atoms with Crippen LogP contribution in [0.5, 0.6) is 0 Å². The third-order valence-corrected chi connectivity index (χ3v) is 5.19. The first-order chi connectivity index (χ1) is 14.3. The number of carbonyl (C=O) groups excluding carboxylic acids is 1. The highest BCUT2D eigenvalue weighted by molar-refractivity contribution is 5.69. The maximum atomic E-state index is 11.7. The molecule has 0 aliphatic carbocycles. The molecule has 0 spiro atoms. The van der Waals surface area contributed by atoms with E-state index in [1.165, 1.54) is 83.5 Å². The molecule has 0 amide bonds. The van der Waals surface area contributed by atoms with E-state index in [2.05, 4.69) is 13.8 Å². The lowest BCUT2D eigenvalue weighted by Gasteiger charge is -2.07. The minimum absolute atomic E-state index is 0.0910. The number of unbranched alkanes of at least 4 members (excludes halogenated alkanes) is 13. The first-order valence-electron chi connectivity index (χ1n) is 12.6. The van der Waals surface area contributed by atoms with E-state index in [0.717, 1.165) is 25.9 Å². The Morgan fingerprint density at radius 2 is 0.897 bits per heavy atom. The molecule has 4 heteroatoms. The molecule has 0 aromatic carbocycles. The number of hydrogen-bond donors (Lipinski definition) is 0. The van der Waals surface area contributed by atoms with Crippen molar-refractivity contribution in [1.29, 1.82) is 0 Å². The Kier molecular flexibility index (Phi) is 24.9. The van der Waals surface area contributed by atoms with Crippen LogP contribution in [0.3, 0.4) is 0 Å². The van der Waals surface area contributed by atoms with Crippen molar-refractivity contribution >= 4 is 5.97 Å². The van der Waals surface area contributed by atoms with Crippen LogP contribution in [0, 0.1) is 0 Å². The lowest BCUT2D eigenvalue weighted by Crippen LogP contribution is -2.09. The normalized spacial score (nSPS) is 11.1. The molecule has 0 saturated carbocycles. The van der Waals surface area contributed by atoms with Crippen LogP contribution in [-0.2, 0) is 19.0 Å². The lowest BCUT2D eigenvalue weighted by atomic mass is 10.1. The molecule has 29 heavy (non-hydrogen) atoms. The minimum Gasteiger partial charge on any atom is -0.466 e. The molecule has 0 aliphatic rings. The van der Waals surface area contributed by atoms with Gasteiger partial charge in [-0.05, 0) is 19.3 Å². The summed E-state index contributed by atoms with van der Waals surface area (Å²) in [6, 6.07) is 0. The maximum absolute atomic E-state index is 11.7. The summed E-state index contributed by atoms with van der Waals surface area (Å²) in [5.74, 6) is -0.0910. The molecule has 0 rings (SSSR count). The zero-order valence-electron chi connectivity index (χ0n) is 19.7. The molecule has 0 heterocycles.